The highest BCUT2D eigenvalue weighted by atomic mass is 32.2. The van der Waals surface area contributed by atoms with Crippen molar-refractivity contribution < 1.29 is 26.7 Å². The molecule has 1 amide bonds. The summed E-state index contributed by atoms with van der Waals surface area (Å²) in [4.78, 5) is 12.4. The SMILES string of the molecule is CCN(CC)S(=O)(=O)c1ccc(OC)c(NC(=O)CCc2ccc(F)c(F)c2)c1. The Kier molecular flexibility index (Phi) is 7.69. The van der Waals surface area contributed by atoms with Gasteiger partial charge < -0.3 is 10.1 Å². The first kappa shape index (κ1) is 22.8. The Bertz CT molecular complexity index is 976. The van der Waals surface area contributed by atoms with E-state index in [1.165, 1.54) is 35.7 Å². The third kappa shape index (κ3) is 5.51. The Morgan fingerprint density at radius 2 is 1.76 bits per heavy atom. The minimum absolute atomic E-state index is 0.00124. The number of methoxy groups -OCH3 is 1. The maximum atomic E-state index is 13.3. The Morgan fingerprint density at radius 3 is 2.34 bits per heavy atom. The number of rotatable bonds is 9. The molecule has 0 aliphatic carbocycles. The molecular formula is C20H24F2N2O4S. The second kappa shape index (κ2) is 9.80. The maximum absolute atomic E-state index is 13.3. The van der Waals surface area contributed by atoms with Crippen molar-refractivity contribution >= 4 is 21.6 Å². The first-order valence-corrected chi connectivity index (χ1v) is 10.6. The second-order valence-electron chi connectivity index (χ2n) is 6.25. The van der Waals surface area contributed by atoms with E-state index in [1.54, 1.807) is 13.8 Å². The average molecular weight is 426 g/mol. The van der Waals surface area contributed by atoms with Crippen LogP contribution in [0, 0.1) is 11.6 Å². The van der Waals surface area contributed by atoms with Crippen molar-refractivity contribution in [2.45, 2.75) is 31.6 Å². The van der Waals surface area contributed by atoms with Crippen molar-refractivity contribution in [3.63, 3.8) is 0 Å². The summed E-state index contributed by atoms with van der Waals surface area (Å²) in [6.45, 7) is 4.12. The van der Waals surface area contributed by atoms with Crippen LogP contribution in [0.1, 0.15) is 25.8 Å². The first-order chi connectivity index (χ1) is 13.7. The molecule has 1 N–H and O–H groups in total. The van der Waals surface area contributed by atoms with Crippen LogP contribution in [0.3, 0.4) is 0 Å². The third-order valence-corrected chi connectivity index (χ3v) is 6.46. The van der Waals surface area contributed by atoms with Gasteiger partial charge in [-0.25, -0.2) is 17.2 Å². The van der Waals surface area contributed by atoms with Gasteiger partial charge in [-0.3, -0.25) is 4.79 Å². The number of sulfonamides is 1. The number of aryl methyl sites for hydroxylation is 1. The van der Waals surface area contributed by atoms with Crippen LogP contribution >= 0.6 is 0 Å². The van der Waals surface area contributed by atoms with Gasteiger partial charge in [-0.2, -0.15) is 4.31 Å². The number of halogens is 2. The predicted molar refractivity (Wildman–Crippen MR) is 106 cm³/mol. The molecule has 0 spiro atoms. The zero-order valence-corrected chi connectivity index (χ0v) is 17.4. The van der Waals surface area contributed by atoms with Crippen molar-refractivity contribution in [1.82, 2.24) is 4.31 Å². The molecule has 0 atom stereocenters. The fourth-order valence-electron chi connectivity index (χ4n) is 2.82. The van der Waals surface area contributed by atoms with Crippen LogP contribution in [0.25, 0.3) is 0 Å². The number of hydrogen-bond acceptors (Lipinski definition) is 4. The summed E-state index contributed by atoms with van der Waals surface area (Å²) in [7, 11) is -2.29. The minimum atomic E-state index is -3.70. The lowest BCUT2D eigenvalue weighted by Crippen LogP contribution is -2.30. The molecule has 0 radical (unpaired) electrons. The Morgan fingerprint density at radius 1 is 1.07 bits per heavy atom. The molecule has 0 aliphatic rings. The molecular weight excluding hydrogens is 402 g/mol. The largest absolute Gasteiger partial charge is 0.495 e. The first-order valence-electron chi connectivity index (χ1n) is 9.14. The molecule has 0 heterocycles. The van der Waals surface area contributed by atoms with Gasteiger partial charge in [-0.1, -0.05) is 19.9 Å². The number of benzene rings is 2. The lowest BCUT2D eigenvalue weighted by atomic mass is 10.1. The van der Waals surface area contributed by atoms with E-state index in [-0.39, 0.29) is 23.4 Å². The predicted octanol–water partition coefficient (Wildman–Crippen LogP) is 3.58. The number of nitrogens with one attached hydrogen (secondary N) is 1. The minimum Gasteiger partial charge on any atom is -0.495 e. The number of hydrogen-bond donors (Lipinski definition) is 1. The van der Waals surface area contributed by atoms with E-state index in [9.17, 15) is 22.0 Å². The summed E-state index contributed by atoms with van der Waals surface area (Å²) < 4.78 is 58.2. The van der Waals surface area contributed by atoms with Crippen LogP contribution in [-0.2, 0) is 21.2 Å². The van der Waals surface area contributed by atoms with Gasteiger partial charge in [0.05, 0.1) is 17.7 Å². The van der Waals surface area contributed by atoms with Gasteiger partial charge >= 0.3 is 0 Å². The highest BCUT2D eigenvalue weighted by molar-refractivity contribution is 7.89. The molecule has 9 heteroatoms. The zero-order chi connectivity index (χ0) is 21.6. The van der Waals surface area contributed by atoms with Gasteiger partial charge in [0.25, 0.3) is 0 Å². The number of carbonyl (C=O) groups is 1. The second-order valence-corrected chi connectivity index (χ2v) is 8.19. The molecule has 0 saturated heterocycles. The van der Waals surface area contributed by atoms with Crippen LogP contribution in [0.15, 0.2) is 41.3 Å². The number of anilines is 1. The Labute approximate surface area is 169 Å². The van der Waals surface area contributed by atoms with E-state index < -0.39 is 27.6 Å². The van der Waals surface area contributed by atoms with E-state index in [0.29, 0.717) is 24.4 Å². The van der Waals surface area contributed by atoms with Gasteiger partial charge in [-0.05, 0) is 42.3 Å². The lowest BCUT2D eigenvalue weighted by molar-refractivity contribution is -0.116. The van der Waals surface area contributed by atoms with Crippen molar-refractivity contribution in [3.8, 4) is 5.75 Å². The standard InChI is InChI=1S/C20H24F2N2O4S/c1-4-24(5-2)29(26,27)15-8-10-19(28-3)18(13-15)23-20(25)11-7-14-6-9-16(21)17(22)12-14/h6,8-10,12-13H,4-5,7,11H2,1-3H3,(H,23,25). The molecule has 0 aliphatic heterocycles. The van der Waals surface area contributed by atoms with Crippen LogP contribution < -0.4 is 10.1 Å². The zero-order valence-electron chi connectivity index (χ0n) is 16.5. The molecule has 158 valence electrons. The van der Waals surface area contributed by atoms with Gasteiger partial charge in [0.15, 0.2) is 11.6 Å². The summed E-state index contributed by atoms with van der Waals surface area (Å²) >= 11 is 0. The van der Waals surface area contributed by atoms with Gasteiger partial charge in [0, 0.05) is 19.5 Å². The maximum Gasteiger partial charge on any atom is 0.243 e. The number of amides is 1. The van der Waals surface area contributed by atoms with E-state index >= 15 is 0 Å². The summed E-state index contributed by atoms with van der Waals surface area (Å²) in [5.41, 5.74) is 0.694. The number of carbonyl (C=O) groups excluding carboxylic acids is 1. The molecule has 2 rings (SSSR count). The fraction of sp³-hybridized carbons (Fsp3) is 0.350. The number of nitrogens with zero attached hydrogens (tertiary/aromatic N) is 1. The molecule has 2 aromatic rings. The third-order valence-electron chi connectivity index (χ3n) is 4.41. The van der Waals surface area contributed by atoms with E-state index in [0.717, 1.165) is 12.1 Å². The van der Waals surface area contributed by atoms with Crippen LogP contribution in [0.5, 0.6) is 5.75 Å². The quantitative estimate of drug-likeness (QED) is 0.665. The van der Waals surface area contributed by atoms with Crippen molar-refractivity contribution in [1.29, 1.82) is 0 Å². The molecule has 6 nitrogen and oxygen atoms in total. The van der Waals surface area contributed by atoms with Gasteiger partial charge in [0.2, 0.25) is 15.9 Å². The van der Waals surface area contributed by atoms with Gasteiger partial charge in [-0.15, -0.1) is 0 Å². The number of ether oxygens (including phenoxy) is 1. The van der Waals surface area contributed by atoms with Gasteiger partial charge in [0.1, 0.15) is 5.75 Å². The van der Waals surface area contributed by atoms with E-state index in [4.69, 9.17) is 4.74 Å². The lowest BCUT2D eigenvalue weighted by Gasteiger charge is -2.19. The van der Waals surface area contributed by atoms with Crippen LogP contribution in [-0.4, -0.2) is 38.8 Å². The molecule has 0 unspecified atom stereocenters. The summed E-state index contributed by atoms with van der Waals surface area (Å²) in [5.74, 6) is -2.02. The summed E-state index contributed by atoms with van der Waals surface area (Å²) in [6, 6.07) is 7.70. The molecule has 0 saturated carbocycles. The van der Waals surface area contributed by atoms with E-state index in [2.05, 4.69) is 5.32 Å². The normalized spacial score (nSPS) is 11.5. The summed E-state index contributed by atoms with van der Waals surface area (Å²) in [6.07, 6.45) is 0.198. The monoisotopic (exact) mass is 426 g/mol. The summed E-state index contributed by atoms with van der Waals surface area (Å²) in [5, 5.41) is 2.63. The smallest absolute Gasteiger partial charge is 0.243 e. The molecule has 2 aromatic carbocycles. The molecule has 0 bridgehead atoms. The highest BCUT2D eigenvalue weighted by Gasteiger charge is 2.23. The highest BCUT2D eigenvalue weighted by Crippen LogP contribution is 2.29. The fourth-order valence-corrected chi connectivity index (χ4v) is 4.31. The Balaban J connectivity index is 2.18. The average Bonchev–Trinajstić information content (AvgIpc) is 2.69. The molecule has 29 heavy (non-hydrogen) atoms. The molecule has 0 aromatic heterocycles. The van der Waals surface area contributed by atoms with E-state index in [1.807, 2.05) is 0 Å². The van der Waals surface area contributed by atoms with Crippen molar-refractivity contribution in [3.05, 3.63) is 53.6 Å². The Hall–Kier alpha value is -2.52. The van der Waals surface area contributed by atoms with Crippen molar-refractivity contribution in [2.24, 2.45) is 0 Å². The van der Waals surface area contributed by atoms with Crippen LogP contribution in [0.4, 0.5) is 14.5 Å². The van der Waals surface area contributed by atoms with Crippen molar-refractivity contribution in [2.75, 3.05) is 25.5 Å². The molecule has 0 fully saturated rings. The van der Waals surface area contributed by atoms with Crippen LogP contribution in [0.2, 0.25) is 0 Å². The topological polar surface area (TPSA) is 75.7 Å².